The minimum absolute atomic E-state index is 0. The highest BCUT2D eigenvalue weighted by Gasteiger charge is 2.14. The van der Waals surface area contributed by atoms with Crippen LogP contribution in [0.2, 0.25) is 10.0 Å². The summed E-state index contributed by atoms with van der Waals surface area (Å²) < 4.78 is 22.7. The molecule has 0 aromatic heterocycles. The van der Waals surface area contributed by atoms with Crippen molar-refractivity contribution in [3.8, 4) is 0 Å². The predicted molar refractivity (Wildman–Crippen MR) is 127 cm³/mol. The van der Waals surface area contributed by atoms with Gasteiger partial charge < -0.3 is 19.7 Å². The molecular formula is C23H29Cl2FN2O4. The number of nitrogens with one attached hydrogen (secondary N) is 1. The Bertz CT molecular complexity index is 833. The molecule has 2 aromatic carbocycles. The van der Waals surface area contributed by atoms with Crippen LogP contribution in [0.25, 0.3) is 0 Å². The first-order chi connectivity index (χ1) is 15.0. The number of carbonyl (C=O) groups is 2. The number of ether oxygens (including phenoxy) is 2. The van der Waals surface area contributed by atoms with Crippen LogP contribution in [0.1, 0.15) is 28.1 Å². The van der Waals surface area contributed by atoms with Gasteiger partial charge in [0.1, 0.15) is 5.82 Å². The van der Waals surface area contributed by atoms with Crippen LogP contribution < -0.4 is 10.2 Å². The first-order valence-electron chi connectivity index (χ1n) is 9.81. The van der Waals surface area contributed by atoms with Crippen LogP contribution in [0.5, 0.6) is 0 Å². The van der Waals surface area contributed by atoms with Crippen LogP contribution in [0, 0.1) is 5.82 Å². The molecule has 0 atom stereocenters. The molecular weight excluding hydrogens is 458 g/mol. The highest BCUT2D eigenvalue weighted by molar-refractivity contribution is 6.31. The van der Waals surface area contributed by atoms with Crippen LogP contribution in [0.3, 0.4) is 0 Å². The molecule has 0 bridgehead atoms. The quantitative estimate of drug-likeness (QED) is 0.643. The lowest BCUT2D eigenvalue weighted by atomic mass is 10.1. The van der Waals surface area contributed by atoms with Crippen molar-refractivity contribution in [2.24, 2.45) is 0 Å². The molecule has 2 heterocycles. The second-order valence-corrected chi connectivity index (χ2v) is 7.44. The van der Waals surface area contributed by atoms with Crippen LogP contribution in [-0.2, 0) is 9.47 Å². The fourth-order valence-corrected chi connectivity index (χ4v) is 3.19. The Hall–Kier alpha value is -2.03. The van der Waals surface area contributed by atoms with Crippen molar-refractivity contribution in [1.82, 2.24) is 5.32 Å². The highest BCUT2D eigenvalue weighted by Crippen LogP contribution is 2.23. The lowest BCUT2D eigenvalue weighted by molar-refractivity contribution is 0.109. The normalized spacial score (nSPS) is 15.2. The van der Waals surface area contributed by atoms with E-state index in [1.165, 1.54) is 12.1 Å². The monoisotopic (exact) mass is 486 g/mol. The molecule has 2 saturated heterocycles. The summed E-state index contributed by atoms with van der Waals surface area (Å²) in [6.45, 7) is 6.90. The molecule has 4 rings (SSSR count). The Balaban J connectivity index is 0.000000260. The smallest absolute Gasteiger partial charge is 0.153 e. The van der Waals surface area contributed by atoms with Crippen LogP contribution in [-0.4, -0.2) is 65.2 Å². The van der Waals surface area contributed by atoms with Gasteiger partial charge in [0.15, 0.2) is 12.6 Å². The molecule has 0 amide bonds. The number of hydrogen-bond acceptors (Lipinski definition) is 6. The van der Waals surface area contributed by atoms with Gasteiger partial charge in [-0.05, 0) is 36.4 Å². The molecule has 0 aliphatic carbocycles. The molecule has 6 nitrogen and oxygen atoms in total. The first-order valence-corrected chi connectivity index (χ1v) is 10.6. The molecule has 2 aliphatic heterocycles. The molecule has 0 radical (unpaired) electrons. The third kappa shape index (κ3) is 9.63. The second-order valence-electron chi connectivity index (χ2n) is 6.57. The molecule has 176 valence electrons. The summed E-state index contributed by atoms with van der Waals surface area (Å²) >= 11 is 11.3. The third-order valence-corrected chi connectivity index (χ3v) is 4.87. The van der Waals surface area contributed by atoms with Crippen molar-refractivity contribution in [2.45, 2.75) is 7.43 Å². The van der Waals surface area contributed by atoms with Gasteiger partial charge in [-0.25, -0.2) is 4.39 Å². The summed E-state index contributed by atoms with van der Waals surface area (Å²) in [6.07, 6.45) is 1.28. The van der Waals surface area contributed by atoms with E-state index in [1.807, 2.05) is 6.07 Å². The van der Waals surface area contributed by atoms with Crippen molar-refractivity contribution in [3.05, 3.63) is 63.4 Å². The average molecular weight is 487 g/mol. The third-order valence-electron chi connectivity index (χ3n) is 4.40. The lowest BCUT2D eigenvalue weighted by Gasteiger charge is -2.29. The first kappa shape index (κ1) is 28.0. The van der Waals surface area contributed by atoms with Crippen LogP contribution in [0.15, 0.2) is 36.4 Å². The number of halogens is 3. The maximum absolute atomic E-state index is 12.5. The van der Waals surface area contributed by atoms with Gasteiger partial charge in [0.25, 0.3) is 0 Å². The fourth-order valence-electron chi connectivity index (χ4n) is 2.83. The maximum Gasteiger partial charge on any atom is 0.153 e. The zero-order valence-corrected chi connectivity index (χ0v) is 18.5. The Morgan fingerprint density at radius 2 is 1.38 bits per heavy atom. The zero-order chi connectivity index (χ0) is 22.5. The number of aldehydes is 2. The number of benzene rings is 2. The van der Waals surface area contributed by atoms with Crippen molar-refractivity contribution >= 4 is 41.5 Å². The number of hydrogen-bond donors (Lipinski definition) is 1. The van der Waals surface area contributed by atoms with Gasteiger partial charge in [-0.3, -0.25) is 9.59 Å². The lowest BCUT2D eigenvalue weighted by Crippen LogP contribution is -2.36. The van der Waals surface area contributed by atoms with E-state index in [9.17, 15) is 14.0 Å². The van der Waals surface area contributed by atoms with Gasteiger partial charge in [0.05, 0.1) is 32.0 Å². The van der Waals surface area contributed by atoms with Gasteiger partial charge in [0.2, 0.25) is 0 Å². The predicted octanol–water partition coefficient (Wildman–Crippen LogP) is 4.52. The van der Waals surface area contributed by atoms with Gasteiger partial charge in [-0.1, -0.05) is 30.6 Å². The SMILES string of the molecule is C.C1COCCN1.O=Cc1cc(Cl)ccc1F.O=Cc1cc(Cl)ccc1N1CCOCC1. The number of anilines is 1. The van der Waals surface area contributed by atoms with Crippen LogP contribution >= 0.6 is 23.2 Å². The summed E-state index contributed by atoms with van der Waals surface area (Å²) in [5.74, 6) is -0.542. The summed E-state index contributed by atoms with van der Waals surface area (Å²) in [6, 6.07) is 9.22. The summed E-state index contributed by atoms with van der Waals surface area (Å²) in [4.78, 5) is 23.1. The Labute approximate surface area is 198 Å². The van der Waals surface area contributed by atoms with E-state index in [2.05, 4.69) is 10.2 Å². The molecule has 2 aliphatic rings. The van der Waals surface area contributed by atoms with E-state index in [-0.39, 0.29) is 13.0 Å². The second kappa shape index (κ2) is 15.7. The topological polar surface area (TPSA) is 67.9 Å². The number of nitrogens with zero attached hydrogens (tertiary/aromatic N) is 1. The molecule has 0 unspecified atom stereocenters. The molecule has 1 N–H and O–H groups in total. The number of carbonyl (C=O) groups excluding carboxylic acids is 2. The standard InChI is InChI=1S/C11H12ClNO2.C7H4ClFO.C4H9NO.CH4/c12-10-1-2-11(9(7-10)8-14)13-3-5-15-6-4-13;8-6-1-2-7(9)5(3-6)4-10;1-3-6-4-2-5-1;/h1-2,7-8H,3-6H2;1-4H;5H,1-4H2;1H4. The van der Waals surface area contributed by atoms with Crippen molar-refractivity contribution in [1.29, 1.82) is 0 Å². The van der Waals surface area contributed by atoms with E-state index >= 15 is 0 Å². The van der Waals surface area contributed by atoms with E-state index < -0.39 is 5.82 Å². The highest BCUT2D eigenvalue weighted by atomic mass is 35.5. The minimum Gasteiger partial charge on any atom is -0.379 e. The number of morpholine rings is 2. The number of rotatable bonds is 3. The van der Waals surface area contributed by atoms with E-state index in [1.54, 1.807) is 12.1 Å². The molecule has 0 spiro atoms. The van der Waals surface area contributed by atoms with Crippen molar-refractivity contribution in [2.75, 3.05) is 57.5 Å². The Morgan fingerprint density at radius 1 is 0.844 bits per heavy atom. The van der Waals surface area contributed by atoms with Crippen molar-refractivity contribution < 1.29 is 23.5 Å². The largest absolute Gasteiger partial charge is 0.379 e. The summed E-state index contributed by atoms with van der Waals surface area (Å²) in [5, 5.41) is 4.12. The Morgan fingerprint density at radius 3 is 1.84 bits per heavy atom. The Kier molecular flexibility index (Phi) is 13.8. The molecule has 32 heavy (non-hydrogen) atoms. The summed E-state index contributed by atoms with van der Waals surface area (Å²) in [5.41, 5.74) is 1.58. The molecule has 2 aromatic rings. The zero-order valence-electron chi connectivity index (χ0n) is 17.0. The van der Waals surface area contributed by atoms with Gasteiger partial charge in [-0.15, -0.1) is 0 Å². The van der Waals surface area contributed by atoms with E-state index in [0.29, 0.717) is 35.1 Å². The van der Waals surface area contributed by atoms with Crippen LogP contribution in [0.4, 0.5) is 10.1 Å². The fraction of sp³-hybridized carbons (Fsp3) is 0.391. The van der Waals surface area contributed by atoms with E-state index in [4.69, 9.17) is 32.7 Å². The molecule has 9 heteroatoms. The van der Waals surface area contributed by atoms with Gasteiger partial charge in [0, 0.05) is 47.5 Å². The molecule has 0 saturated carbocycles. The average Bonchev–Trinajstić information content (AvgIpc) is 2.83. The minimum atomic E-state index is -0.542. The summed E-state index contributed by atoms with van der Waals surface area (Å²) in [7, 11) is 0. The molecule has 2 fully saturated rings. The van der Waals surface area contributed by atoms with Crippen molar-refractivity contribution in [3.63, 3.8) is 0 Å². The maximum atomic E-state index is 12.5. The van der Waals surface area contributed by atoms with Gasteiger partial charge in [-0.2, -0.15) is 0 Å². The van der Waals surface area contributed by atoms with Gasteiger partial charge >= 0.3 is 0 Å². The van der Waals surface area contributed by atoms with E-state index in [0.717, 1.165) is 57.4 Å².